The van der Waals surface area contributed by atoms with Gasteiger partial charge in [0.05, 0.1) is 6.26 Å². The zero-order valence-corrected chi connectivity index (χ0v) is 8.09. The number of fused-ring (bicyclic) bond motifs is 1. The molecule has 0 unspecified atom stereocenters. The third-order valence-corrected chi connectivity index (χ3v) is 1.85. The smallest absolute Gasteiger partial charge is 0.133 e. The molecule has 0 spiro atoms. The summed E-state index contributed by atoms with van der Waals surface area (Å²) in [4.78, 5) is 4.55. The summed E-state index contributed by atoms with van der Waals surface area (Å²) in [6, 6.07) is 9.90. The van der Waals surface area contributed by atoms with E-state index in [0.29, 0.717) is 0 Å². The van der Waals surface area contributed by atoms with Crippen molar-refractivity contribution in [3.63, 3.8) is 0 Å². The molecule has 0 amide bonds. The van der Waals surface area contributed by atoms with E-state index in [0.717, 1.165) is 11.0 Å². The van der Waals surface area contributed by atoms with Crippen molar-refractivity contribution < 1.29 is 9.25 Å². The van der Waals surface area contributed by atoms with Crippen molar-refractivity contribution in [2.75, 3.05) is 0 Å². The summed E-state index contributed by atoms with van der Waals surface area (Å²) >= 11 is 0. The first-order valence-electron chi connectivity index (χ1n) is 4.62. The fourth-order valence-corrected chi connectivity index (χ4v) is 1.16. The molecule has 76 valence electrons. The van der Waals surface area contributed by atoms with Gasteiger partial charge in [-0.2, -0.15) is 0 Å². The van der Waals surface area contributed by atoms with Crippen LogP contribution in [-0.2, 0) is 4.84 Å². The summed E-state index contributed by atoms with van der Waals surface area (Å²) < 4.78 is 5.12. The van der Waals surface area contributed by atoms with Crippen molar-refractivity contribution in [1.82, 2.24) is 5.48 Å². The molecule has 3 rings (SSSR count). The van der Waals surface area contributed by atoms with Gasteiger partial charge in [-0.25, -0.2) is 5.48 Å². The third kappa shape index (κ3) is 2.64. The highest BCUT2D eigenvalue weighted by Gasteiger charge is 1.89. The zero-order chi connectivity index (χ0) is 10.3. The van der Waals surface area contributed by atoms with Crippen LogP contribution in [0.25, 0.3) is 11.0 Å². The number of allylic oxidation sites excluding steroid dienone is 2. The fraction of sp³-hybridized carbons (Fsp3) is 0. The lowest BCUT2D eigenvalue weighted by atomic mass is 10.3. The molecule has 0 saturated carbocycles. The van der Waals surface area contributed by atoms with Crippen molar-refractivity contribution >= 4 is 11.0 Å². The summed E-state index contributed by atoms with van der Waals surface area (Å²) in [6.07, 6.45) is 8.63. The quantitative estimate of drug-likeness (QED) is 0.711. The van der Waals surface area contributed by atoms with Gasteiger partial charge >= 0.3 is 0 Å². The molecule has 1 N–H and O–H groups in total. The lowest BCUT2D eigenvalue weighted by molar-refractivity contribution is 0.172. The van der Waals surface area contributed by atoms with Crippen LogP contribution in [0.15, 0.2) is 65.6 Å². The van der Waals surface area contributed by atoms with Crippen LogP contribution in [0.3, 0.4) is 0 Å². The average Bonchev–Trinajstić information content (AvgIpc) is 2.80. The Balaban J connectivity index is 0.000000124. The lowest BCUT2D eigenvalue weighted by Crippen LogP contribution is -2.01. The number of hydrogen-bond donors (Lipinski definition) is 1. The van der Waals surface area contributed by atoms with Crippen LogP contribution in [-0.4, -0.2) is 0 Å². The molecule has 2 heterocycles. The van der Waals surface area contributed by atoms with E-state index in [1.807, 2.05) is 36.4 Å². The first-order valence-corrected chi connectivity index (χ1v) is 4.62. The molecule has 0 fully saturated rings. The van der Waals surface area contributed by atoms with Crippen molar-refractivity contribution in [3.8, 4) is 0 Å². The minimum Gasteiger partial charge on any atom is -0.464 e. The summed E-state index contributed by atoms with van der Waals surface area (Å²) in [5.74, 6) is 0. The van der Waals surface area contributed by atoms with Gasteiger partial charge in [-0.1, -0.05) is 18.2 Å². The zero-order valence-electron chi connectivity index (χ0n) is 8.09. The largest absolute Gasteiger partial charge is 0.464 e. The number of furan rings is 1. The molecule has 3 nitrogen and oxygen atoms in total. The van der Waals surface area contributed by atoms with Crippen LogP contribution in [0, 0.1) is 0 Å². The van der Waals surface area contributed by atoms with Crippen LogP contribution in [0.5, 0.6) is 0 Å². The van der Waals surface area contributed by atoms with Crippen molar-refractivity contribution in [3.05, 3.63) is 61.2 Å². The number of nitrogens with one attached hydrogen (secondary N) is 1. The highest BCUT2D eigenvalue weighted by molar-refractivity contribution is 5.76. The highest BCUT2D eigenvalue weighted by Crippen LogP contribution is 2.12. The Morgan fingerprint density at radius 2 is 1.93 bits per heavy atom. The Morgan fingerprint density at radius 1 is 1.00 bits per heavy atom. The molecule has 1 aromatic heterocycles. The van der Waals surface area contributed by atoms with E-state index in [9.17, 15) is 0 Å². The van der Waals surface area contributed by atoms with Gasteiger partial charge in [0, 0.05) is 11.6 Å². The van der Waals surface area contributed by atoms with E-state index in [2.05, 4.69) is 10.3 Å². The SMILES string of the molecule is C1=CNOC=C1.c1ccc2occc2c1. The van der Waals surface area contributed by atoms with Crippen molar-refractivity contribution in [1.29, 1.82) is 0 Å². The van der Waals surface area contributed by atoms with Gasteiger partial charge in [0.1, 0.15) is 11.8 Å². The van der Waals surface area contributed by atoms with Gasteiger partial charge in [0.15, 0.2) is 0 Å². The van der Waals surface area contributed by atoms with Crippen LogP contribution < -0.4 is 5.48 Å². The van der Waals surface area contributed by atoms with Gasteiger partial charge in [0.25, 0.3) is 0 Å². The number of benzene rings is 1. The van der Waals surface area contributed by atoms with Gasteiger partial charge in [-0.05, 0) is 24.3 Å². The first-order chi connectivity index (χ1) is 7.47. The maximum Gasteiger partial charge on any atom is 0.133 e. The minimum atomic E-state index is 0.956. The second-order valence-corrected chi connectivity index (χ2v) is 2.88. The topological polar surface area (TPSA) is 34.4 Å². The molecule has 0 radical (unpaired) electrons. The summed E-state index contributed by atoms with van der Waals surface area (Å²) in [6.45, 7) is 0. The maximum atomic E-state index is 5.12. The molecular formula is C12H11NO2. The summed E-state index contributed by atoms with van der Waals surface area (Å²) in [5, 5.41) is 1.16. The normalized spacial score (nSPS) is 12.5. The molecular weight excluding hydrogens is 190 g/mol. The van der Waals surface area contributed by atoms with Crippen LogP contribution >= 0.6 is 0 Å². The average molecular weight is 201 g/mol. The summed E-state index contributed by atoms with van der Waals surface area (Å²) in [5.41, 5.74) is 3.47. The lowest BCUT2D eigenvalue weighted by Gasteiger charge is -1.97. The van der Waals surface area contributed by atoms with E-state index >= 15 is 0 Å². The minimum absolute atomic E-state index is 0.956. The molecule has 0 atom stereocenters. The number of para-hydroxylation sites is 1. The van der Waals surface area contributed by atoms with Crippen LogP contribution in [0.4, 0.5) is 0 Å². The van der Waals surface area contributed by atoms with Crippen molar-refractivity contribution in [2.24, 2.45) is 0 Å². The van der Waals surface area contributed by atoms with Gasteiger partial charge < -0.3 is 9.25 Å². The van der Waals surface area contributed by atoms with Crippen molar-refractivity contribution in [2.45, 2.75) is 0 Å². The molecule has 1 aromatic carbocycles. The Labute approximate surface area is 87.6 Å². The van der Waals surface area contributed by atoms with Crippen LogP contribution in [0.2, 0.25) is 0 Å². The molecule has 0 aliphatic carbocycles. The Morgan fingerprint density at radius 3 is 2.53 bits per heavy atom. The van der Waals surface area contributed by atoms with E-state index < -0.39 is 0 Å². The van der Waals surface area contributed by atoms with Gasteiger partial charge in [0.2, 0.25) is 0 Å². The second kappa shape index (κ2) is 4.91. The number of hydrogen-bond acceptors (Lipinski definition) is 3. The molecule has 2 aromatic rings. The van der Waals surface area contributed by atoms with Crippen LogP contribution in [0.1, 0.15) is 0 Å². The van der Waals surface area contributed by atoms with E-state index in [4.69, 9.17) is 4.42 Å². The monoisotopic (exact) mass is 201 g/mol. The Bertz CT molecular complexity index is 429. The predicted molar refractivity (Wildman–Crippen MR) is 58.7 cm³/mol. The second-order valence-electron chi connectivity index (χ2n) is 2.88. The maximum absolute atomic E-state index is 5.12. The molecule has 15 heavy (non-hydrogen) atoms. The molecule has 0 bridgehead atoms. The standard InChI is InChI=1S/C8H6O.C4H5NO/c1-2-4-8-7(3-1)5-6-9-8;1-2-4-6-5-3-1/h1-6H;1-5H. The predicted octanol–water partition coefficient (Wildman–Crippen LogP) is 2.98. The number of hydroxylamine groups is 1. The Hall–Kier alpha value is -2.16. The highest BCUT2D eigenvalue weighted by atomic mass is 16.6. The first kappa shape index (κ1) is 9.40. The summed E-state index contributed by atoms with van der Waals surface area (Å²) in [7, 11) is 0. The fourth-order valence-electron chi connectivity index (χ4n) is 1.16. The van der Waals surface area contributed by atoms with E-state index in [1.165, 1.54) is 0 Å². The molecule has 1 aliphatic rings. The third-order valence-electron chi connectivity index (χ3n) is 1.85. The van der Waals surface area contributed by atoms with E-state index in [-0.39, 0.29) is 0 Å². The molecule has 1 aliphatic heterocycles. The van der Waals surface area contributed by atoms with Gasteiger partial charge in [-0.3, -0.25) is 0 Å². The van der Waals surface area contributed by atoms with E-state index in [1.54, 1.807) is 24.8 Å². The Kier molecular flexibility index (Phi) is 3.07. The molecule has 3 heteroatoms. The number of rotatable bonds is 0. The van der Waals surface area contributed by atoms with Gasteiger partial charge in [-0.15, -0.1) is 0 Å². The molecule has 0 saturated heterocycles.